The van der Waals surface area contributed by atoms with Crippen molar-refractivity contribution in [3.8, 4) is 0 Å². The molecule has 0 amide bonds. The molecule has 2 rings (SSSR count). The first-order chi connectivity index (χ1) is 9.51. The molecule has 0 saturated heterocycles. The third-order valence-corrected chi connectivity index (χ3v) is 6.37. The van der Waals surface area contributed by atoms with E-state index in [-0.39, 0.29) is 10.8 Å². The normalized spacial score (nSPS) is 10.8. The lowest BCUT2D eigenvalue weighted by Gasteiger charge is -2.07. The zero-order valence-electron chi connectivity index (χ0n) is 10.2. The van der Waals surface area contributed by atoms with Gasteiger partial charge in [-0.2, -0.15) is 0 Å². The SMILES string of the molecule is Cc1c(F)cc(SSc2ccc(Cl)c(F)c2)cc1SS. The molecule has 0 nitrogen and oxygen atoms in total. The predicted octanol–water partition coefficient (Wildman–Crippen LogP) is 6.66. The van der Waals surface area contributed by atoms with Crippen LogP contribution in [0, 0.1) is 18.6 Å². The molecule has 0 aliphatic rings. The van der Waals surface area contributed by atoms with Gasteiger partial charge in [-0.05, 0) is 42.8 Å². The van der Waals surface area contributed by atoms with Gasteiger partial charge in [0.2, 0.25) is 0 Å². The van der Waals surface area contributed by atoms with E-state index in [1.165, 1.54) is 50.6 Å². The Bertz CT molecular complexity index is 634. The molecule has 0 bridgehead atoms. The van der Waals surface area contributed by atoms with Gasteiger partial charge in [0.25, 0.3) is 0 Å². The van der Waals surface area contributed by atoms with Crippen LogP contribution in [-0.2, 0) is 0 Å². The Kier molecular flexibility index (Phi) is 5.98. The fourth-order valence-corrected chi connectivity index (χ4v) is 4.54. The zero-order valence-corrected chi connectivity index (χ0v) is 14.3. The quantitative estimate of drug-likeness (QED) is 0.474. The average Bonchev–Trinajstić information content (AvgIpc) is 2.43. The summed E-state index contributed by atoms with van der Waals surface area (Å²) in [4.78, 5) is 2.25. The van der Waals surface area contributed by atoms with Crippen molar-refractivity contribution in [2.45, 2.75) is 21.6 Å². The lowest BCUT2D eigenvalue weighted by atomic mass is 10.2. The van der Waals surface area contributed by atoms with Crippen molar-refractivity contribution in [3.63, 3.8) is 0 Å². The van der Waals surface area contributed by atoms with Gasteiger partial charge in [-0.1, -0.05) is 44.0 Å². The lowest BCUT2D eigenvalue weighted by molar-refractivity contribution is 0.609. The van der Waals surface area contributed by atoms with E-state index in [0.717, 1.165) is 14.7 Å². The fraction of sp³-hybridized carbons (Fsp3) is 0.0769. The van der Waals surface area contributed by atoms with Gasteiger partial charge in [-0.15, -0.1) is 11.7 Å². The summed E-state index contributed by atoms with van der Waals surface area (Å²) in [6.45, 7) is 1.71. The maximum absolute atomic E-state index is 13.7. The van der Waals surface area contributed by atoms with E-state index in [0.29, 0.717) is 5.56 Å². The number of hydrogen-bond acceptors (Lipinski definition) is 4. The van der Waals surface area contributed by atoms with Crippen LogP contribution in [0.25, 0.3) is 0 Å². The number of benzene rings is 2. The van der Waals surface area contributed by atoms with Crippen molar-refractivity contribution in [3.05, 3.63) is 52.6 Å². The van der Waals surface area contributed by atoms with E-state index in [1.54, 1.807) is 13.0 Å². The maximum atomic E-state index is 13.7. The number of thiol groups is 1. The molecular formula is C13H9ClF2S4. The Hall–Kier alpha value is -0.0100. The van der Waals surface area contributed by atoms with E-state index < -0.39 is 5.82 Å². The van der Waals surface area contributed by atoms with Crippen LogP contribution in [0.1, 0.15) is 5.56 Å². The van der Waals surface area contributed by atoms with Gasteiger partial charge in [-0.3, -0.25) is 0 Å². The molecule has 106 valence electrons. The molecule has 0 heterocycles. The molecule has 20 heavy (non-hydrogen) atoms. The van der Waals surface area contributed by atoms with Crippen LogP contribution in [0.3, 0.4) is 0 Å². The van der Waals surface area contributed by atoms with Gasteiger partial charge in [0.05, 0.1) is 5.02 Å². The van der Waals surface area contributed by atoms with Gasteiger partial charge >= 0.3 is 0 Å². The molecule has 0 unspecified atom stereocenters. The molecule has 0 saturated carbocycles. The largest absolute Gasteiger partial charge is 0.207 e. The Morgan fingerprint density at radius 3 is 2.30 bits per heavy atom. The summed E-state index contributed by atoms with van der Waals surface area (Å²) in [5, 5.41) is 0.0921. The van der Waals surface area contributed by atoms with Gasteiger partial charge < -0.3 is 0 Å². The molecule has 0 spiro atoms. The highest BCUT2D eigenvalue weighted by molar-refractivity contribution is 8.76. The van der Waals surface area contributed by atoms with Crippen molar-refractivity contribution < 1.29 is 8.78 Å². The molecule has 0 radical (unpaired) electrons. The molecule has 2 aromatic carbocycles. The van der Waals surface area contributed by atoms with Crippen LogP contribution in [0.15, 0.2) is 45.0 Å². The Labute approximate surface area is 138 Å². The minimum Gasteiger partial charge on any atom is -0.207 e. The fourth-order valence-electron chi connectivity index (χ4n) is 1.40. The van der Waals surface area contributed by atoms with Crippen molar-refractivity contribution >= 4 is 55.6 Å². The van der Waals surface area contributed by atoms with Crippen LogP contribution in [0.4, 0.5) is 8.78 Å². The van der Waals surface area contributed by atoms with Crippen molar-refractivity contribution in [2.24, 2.45) is 0 Å². The monoisotopic (exact) mass is 366 g/mol. The second-order valence-corrected chi connectivity index (χ2v) is 7.72. The first kappa shape index (κ1) is 16.4. The van der Waals surface area contributed by atoms with E-state index >= 15 is 0 Å². The second kappa shape index (κ2) is 7.31. The topological polar surface area (TPSA) is 0 Å². The molecule has 2 aromatic rings. The Balaban J connectivity index is 2.14. The summed E-state index contributed by atoms with van der Waals surface area (Å²) in [6, 6.07) is 7.91. The highest BCUT2D eigenvalue weighted by Gasteiger charge is 2.09. The van der Waals surface area contributed by atoms with Crippen molar-refractivity contribution in [1.82, 2.24) is 0 Å². The average molecular weight is 367 g/mol. The van der Waals surface area contributed by atoms with Gasteiger partial charge in [0.15, 0.2) is 0 Å². The maximum Gasteiger partial charge on any atom is 0.142 e. The standard InChI is InChI=1S/C13H9ClF2S4/c1-7-11(15)5-9(6-13(7)18-17)20-19-8-2-3-10(14)12(16)4-8/h2-6,17H,1H3. The summed E-state index contributed by atoms with van der Waals surface area (Å²) < 4.78 is 27.0. The van der Waals surface area contributed by atoms with Gasteiger partial charge in [0.1, 0.15) is 11.6 Å². The molecule has 0 N–H and O–H groups in total. The van der Waals surface area contributed by atoms with E-state index in [2.05, 4.69) is 11.7 Å². The smallest absolute Gasteiger partial charge is 0.142 e. The van der Waals surface area contributed by atoms with Crippen LogP contribution < -0.4 is 0 Å². The van der Waals surface area contributed by atoms with E-state index in [9.17, 15) is 8.78 Å². The summed E-state index contributed by atoms with van der Waals surface area (Å²) in [5.74, 6) is -0.728. The van der Waals surface area contributed by atoms with Crippen LogP contribution >= 0.6 is 55.6 Å². The molecule has 0 aromatic heterocycles. The molecular weight excluding hydrogens is 358 g/mol. The number of halogens is 3. The summed E-state index contributed by atoms with van der Waals surface area (Å²) >= 11 is 9.73. The lowest BCUT2D eigenvalue weighted by Crippen LogP contribution is -1.86. The third kappa shape index (κ3) is 4.01. The van der Waals surface area contributed by atoms with Gasteiger partial charge in [-0.25, -0.2) is 8.78 Å². The summed E-state index contributed by atoms with van der Waals surface area (Å²) in [5.41, 5.74) is 0.580. The second-order valence-electron chi connectivity index (χ2n) is 3.86. The molecule has 0 aliphatic heterocycles. The van der Waals surface area contributed by atoms with Crippen molar-refractivity contribution in [2.75, 3.05) is 0 Å². The highest BCUT2D eigenvalue weighted by atomic mass is 35.5. The highest BCUT2D eigenvalue weighted by Crippen LogP contribution is 2.41. The summed E-state index contributed by atoms with van der Waals surface area (Å²) in [7, 11) is 3.91. The summed E-state index contributed by atoms with van der Waals surface area (Å²) in [6.07, 6.45) is 0. The predicted molar refractivity (Wildman–Crippen MR) is 89.1 cm³/mol. The van der Waals surface area contributed by atoms with Crippen molar-refractivity contribution in [1.29, 1.82) is 0 Å². The first-order valence-corrected chi connectivity index (χ1v) is 9.82. The van der Waals surface area contributed by atoms with Crippen LogP contribution in [0.5, 0.6) is 0 Å². The van der Waals surface area contributed by atoms with Crippen LogP contribution in [-0.4, -0.2) is 0 Å². The number of rotatable bonds is 4. The first-order valence-electron chi connectivity index (χ1n) is 5.42. The Morgan fingerprint density at radius 2 is 1.65 bits per heavy atom. The van der Waals surface area contributed by atoms with Crippen LogP contribution in [0.2, 0.25) is 5.02 Å². The minimum atomic E-state index is -0.459. The van der Waals surface area contributed by atoms with E-state index in [4.69, 9.17) is 11.6 Å². The molecule has 7 heteroatoms. The third-order valence-electron chi connectivity index (χ3n) is 2.49. The Morgan fingerprint density at radius 1 is 1.00 bits per heavy atom. The van der Waals surface area contributed by atoms with E-state index in [1.807, 2.05) is 6.07 Å². The minimum absolute atomic E-state index is 0.0921. The number of hydrogen-bond donors (Lipinski definition) is 1. The molecule has 0 atom stereocenters. The zero-order chi connectivity index (χ0) is 14.7. The van der Waals surface area contributed by atoms with Gasteiger partial charge in [0, 0.05) is 14.7 Å². The molecule has 0 fully saturated rings. The molecule has 0 aliphatic carbocycles.